The van der Waals surface area contributed by atoms with E-state index in [2.05, 4.69) is 15.9 Å². The van der Waals surface area contributed by atoms with E-state index in [1.807, 2.05) is 37.3 Å². The molecule has 168 valence electrons. The van der Waals surface area contributed by atoms with Crippen LogP contribution < -0.4 is 4.18 Å². The van der Waals surface area contributed by atoms with Gasteiger partial charge in [-0.25, -0.2) is 0 Å². The van der Waals surface area contributed by atoms with Crippen LogP contribution in [0.25, 0.3) is 0 Å². The Bertz CT molecular complexity index is 1120. The second-order valence-corrected chi connectivity index (χ2v) is 9.31. The highest BCUT2D eigenvalue weighted by atomic mass is 79.9. The summed E-state index contributed by atoms with van der Waals surface area (Å²) in [6.45, 7) is 2.00. The van der Waals surface area contributed by atoms with Gasteiger partial charge in [0, 0.05) is 0 Å². The van der Waals surface area contributed by atoms with Gasteiger partial charge in [-0.1, -0.05) is 76.6 Å². The van der Waals surface area contributed by atoms with E-state index in [0.29, 0.717) is 5.56 Å². The zero-order valence-corrected chi connectivity index (χ0v) is 19.9. The molecule has 0 radical (unpaired) electrons. The van der Waals surface area contributed by atoms with Gasteiger partial charge in [0.25, 0.3) is 0 Å². The molecule has 0 spiro atoms. The van der Waals surface area contributed by atoms with Crippen LogP contribution in [0.2, 0.25) is 0 Å². The Morgan fingerprint density at radius 3 is 2.06 bits per heavy atom. The van der Waals surface area contributed by atoms with Gasteiger partial charge in [0.05, 0.1) is 24.0 Å². The number of rotatable bonds is 9. The molecule has 0 heterocycles. The molecule has 0 fully saturated rings. The summed E-state index contributed by atoms with van der Waals surface area (Å²) >= 11 is 3.21. The van der Waals surface area contributed by atoms with E-state index < -0.39 is 16.2 Å². The molecule has 0 bridgehead atoms. The Labute approximate surface area is 196 Å². The van der Waals surface area contributed by atoms with Crippen LogP contribution in [0.4, 0.5) is 0 Å². The molecule has 1 amide bonds. The first-order valence-corrected chi connectivity index (χ1v) is 12.5. The summed E-state index contributed by atoms with van der Waals surface area (Å²) in [4.78, 5) is 14.2. The van der Waals surface area contributed by atoms with Gasteiger partial charge in [0.1, 0.15) is 10.6 Å². The minimum Gasteiger partial charge on any atom is -0.387 e. The summed E-state index contributed by atoms with van der Waals surface area (Å²) in [6.07, 6.45) is -0.955. The lowest BCUT2D eigenvalue weighted by Gasteiger charge is -2.31. The number of alkyl halides is 1. The number of hydrogen-bond acceptors (Lipinski definition) is 5. The molecule has 1 N–H and O–H groups in total. The fraction of sp³-hybridized carbons (Fsp3) is 0.208. The average Bonchev–Trinajstić information content (AvgIpc) is 2.83. The average molecular weight is 518 g/mol. The highest BCUT2D eigenvalue weighted by Crippen LogP contribution is 2.26. The number of amides is 1. The molecule has 3 aromatic rings. The van der Waals surface area contributed by atoms with Gasteiger partial charge in [-0.3, -0.25) is 4.79 Å². The van der Waals surface area contributed by atoms with Crippen LogP contribution in [0.3, 0.4) is 0 Å². The summed E-state index contributed by atoms with van der Waals surface area (Å²) in [5.41, 5.74) is 1.51. The third-order valence-electron chi connectivity index (χ3n) is 5.06. The smallest absolute Gasteiger partial charge is 0.339 e. The van der Waals surface area contributed by atoms with Crippen LogP contribution in [-0.2, 0) is 14.9 Å². The first-order valence-electron chi connectivity index (χ1n) is 10.00. The lowest BCUT2D eigenvalue weighted by molar-refractivity contribution is -0.132. The van der Waals surface area contributed by atoms with Crippen LogP contribution in [0.15, 0.2) is 89.8 Å². The van der Waals surface area contributed by atoms with Crippen molar-refractivity contribution in [3.05, 3.63) is 96.1 Å². The molecular formula is C24H24BrNO5S. The fourth-order valence-electron chi connectivity index (χ4n) is 3.26. The Morgan fingerprint density at radius 2 is 1.50 bits per heavy atom. The summed E-state index contributed by atoms with van der Waals surface area (Å²) < 4.78 is 29.9. The highest BCUT2D eigenvalue weighted by Gasteiger charge is 2.24. The van der Waals surface area contributed by atoms with E-state index in [-0.39, 0.29) is 34.5 Å². The van der Waals surface area contributed by atoms with Crippen LogP contribution in [-0.4, -0.2) is 36.2 Å². The summed E-state index contributed by atoms with van der Waals surface area (Å²) in [5.74, 6) is -0.00911. The van der Waals surface area contributed by atoms with Crippen molar-refractivity contribution < 1.29 is 22.5 Å². The molecule has 3 aromatic carbocycles. The van der Waals surface area contributed by atoms with Gasteiger partial charge in [-0.05, 0) is 42.3 Å². The summed E-state index contributed by atoms with van der Waals surface area (Å²) in [7, 11) is -3.94. The van der Waals surface area contributed by atoms with Crippen molar-refractivity contribution in [3.8, 4) is 5.75 Å². The van der Waals surface area contributed by atoms with Gasteiger partial charge in [-0.2, -0.15) is 8.42 Å². The minimum absolute atomic E-state index is 0.0583. The molecule has 0 aromatic heterocycles. The van der Waals surface area contributed by atoms with Crippen LogP contribution in [0.5, 0.6) is 5.75 Å². The normalized spacial score (nSPS) is 13.2. The topological polar surface area (TPSA) is 83.9 Å². The first kappa shape index (κ1) is 24.0. The maximum absolute atomic E-state index is 12.5. The number of carbonyl (C=O) groups excluding carboxylic acids is 1. The number of aliphatic hydroxyl groups excluding tert-OH is 1. The molecule has 0 unspecified atom stereocenters. The molecule has 0 saturated heterocycles. The predicted octanol–water partition coefficient (Wildman–Crippen LogP) is 4.47. The Balaban J connectivity index is 1.72. The number of benzene rings is 3. The number of halogens is 1. The lowest BCUT2D eigenvalue weighted by atomic mass is 10.0. The highest BCUT2D eigenvalue weighted by molar-refractivity contribution is 9.09. The molecule has 0 aliphatic heterocycles. The minimum atomic E-state index is -3.94. The van der Waals surface area contributed by atoms with Crippen LogP contribution >= 0.6 is 15.9 Å². The van der Waals surface area contributed by atoms with E-state index in [9.17, 15) is 18.3 Å². The van der Waals surface area contributed by atoms with E-state index in [4.69, 9.17) is 4.18 Å². The van der Waals surface area contributed by atoms with Crippen LogP contribution in [0, 0.1) is 0 Å². The van der Waals surface area contributed by atoms with Crippen molar-refractivity contribution in [2.24, 2.45) is 0 Å². The van der Waals surface area contributed by atoms with Crippen molar-refractivity contribution in [2.75, 3.05) is 11.9 Å². The van der Waals surface area contributed by atoms with Crippen molar-refractivity contribution in [2.45, 2.75) is 24.0 Å². The molecular weight excluding hydrogens is 494 g/mol. The monoisotopic (exact) mass is 517 g/mol. The zero-order chi connectivity index (χ0) is 23.1. The molecule has 8 heteroatoms. The molecule has 0 aliphatic rings. The van der Waals surface area contributed by atoms with E-state index in [1.54, 1.807) is 35.2 Å². The quantitative estimate of drug-likeness (QED) is 0.334. The van der Waals surface area contributed by atoms with Crippen molar-refractivity contribution in [3.63, 3.8) is 0 Å². The lowest BCUT2D eigenvalue weighted by Crippen LogP contribution is -2.37. The van der Waals surface area contributed by atoms with Gasteiger partial charge in [0.15, 0.2) is 0 Å². The summed E-state index contributed by atoms with van der Waals surface area (Å²) in [5, 5.41) is 10.9. The van der Waals surface area contributed by atoms with Crippen molar-refractivity contribution in [1.29, 1.82) is 0 Å². The second kappa shape index (κ2) is 10.8. The standard InChI is InChI=1S/C24H24BrNO5S/c1-18(19-8-4-2-5-9-19)26(24(28)16-25)17-23(27)20-12-14-21(15-13-20)31-32(29,30)22-10-6-3-7-11-22/h2-15,18,23,27H,16-17H2,1H3/t18-,23-/m1/s1. The molecule has 6 nitrogen and oxygen atoms in total. The van der Waals surface area contributed by atoms with Crippen molar-refractivity contribution >= 4 is 32.0 Å². The van der Waals surface area contributed by atoms with Gasteiger partial charge in [0.2, 0.25) is 5.91 Å². The maximum atomic E-state index is 12.5. The summed E-state index contributed by atoms with van der Waals surface area (Å²) in [6, 6.07) is 23.4. The molecule has 32 heavy (non-hydrogen) atoms. The Kier molecular flexibility index (Phi) is 8.06. The second-order valence-electron chi connectivity index (χ2n) is 7.20. The third kappa shape index (κ3) is 5.97. The fourth-order valence-corrected chi connectivity index (χ4v) is 4.54. The van der Waals surface area contributed by atoms with Crippen LogP contribution in [0.1, 0.15) is 30.2 Å². The Morgan fingerprint density at radius 1 is 0.938 bits per heavy atom. The van der Waals surface area contributed by atoms with Crippen molar-refractivity contribution in [1.82, 2.24) is 4.90 Å². The number of hydrogen-bond donors (Lipinski definition) is 1. The van der Waals surface area contributed by atoms with Gasteiger partial charge < -0.3 is 14.2 Å². The number of aliphatic hydroxyl groups is 1. The first-order chi connectivity index (χ1) is 15.3. The number of carbonyl (C=O) groups is 1. The zero-order valence-electron chi connectivity index (χ0n) is 17.5. The van der Waals surface area contributed by atoms with Gasteiger partial charge in [-0.15, -0.1) is 0 Å². The van der Waals surface area contributed by atoms with E-state index in [0.717, 1.165) is 5.56 Å². The SMILES string of the molecule is C[C@H](c1ccccc1)N(C[C@@H](O)c1ccc(OS(=O)(=O)c2ccccc2)cc1)C(=O)CBr. The van der Waals surface area contributed by atoms with Gasteiger partial charge >= 0.3 is 10.1 Å². The molecule has 0 aliphatic carbocycles. The third-order valence-corrected chi connectivity index (χ3v) is 6.80. The Hall–Kier alpha value is -2.68. The molecule has 2 atom stereocenters. The predicted molar refractivity (Wildman–Crippen MR) is 126 cm³/mol. The van der Waals surface area contributed by atoms with E-state index >= 15 is 0 Å². The largest absolute Gasteiger partial charge is 0.387 e. The maximum Gasteiger partial charge on any atom is 0.339 e. The van der Waals surface area contributed by atoms with E-state index in [1.165, 1.54) is 24.3 Å². The molecule has 0 saturated carbocycles. The molecule has 3 rings (SSSR count). The number of nitrogens with zero attached hydrogens (tertiary/aromatic N) is 1.